The molecule has 0 saturated heterocycles. The highest BCUT2D eigenvalue weighted by atomic mass is 79.9. The summed E-state index contributed by atoms with van der Waals surface area (Å²) in [6, 6.07) is 9.31. The SMILES string of the molecule is N#CCCN(c1ccc(CBr)c(Br)c1)C1CC1. The Bertz CT molecular complexity index is 436. The molecule has 0 amide bonds. The minimum absolute atomic E-state index is 0.592. The standard InChI is InChI=1S/C13H14Br2N2/c14-9-10-2-3-12(8-13(10)15)17(7-1-6-16)11-4-5-11/h2-3,8,11H,1,4-5,7,9H2. The van der Waals surface area contributed by atoms with Crippen LogP contribution >= 0.6 is 31.9 Å². The van der Waals surface area contributed by atoms with Crippen molar-refractivity contribution in [2.24, 2.45) is 0 Å². The number of hydrogen-bond donors (Lipinski definition) is 0. The lowest BCUT2D eigenvalue weighted by molar-refractivity contribution is 0.792. The summed E-state index contributed by atoms with van der Waals surface area (Å²) in [5, 5.41) is 9.57. The highest BCUT2D eigenvalue weighted by Crippen LogP contribution is 2.34. The summed E-state index contributed by atoms with van der Waals surface area (Å²) in [6.07, 6.45) is 3.10. The Kier molecular flexibility index (Phi) is 4.47. The topological polar surface area (TPSA) is 27.0 Å². The maximum atomic E-state index is 8.71. The van der Waals surface area contributed by atoms with Crippen molar-refractivity contribution >= 4 is 37.5 Å². The summed E-state index contributed by atoms with van der Waals surface area (Å²) in [6.45, 7) is 0.835. The molecule has 0 bridgehead atoms. The van der Waals surface area contributed by atoms with E-state index in [0.717, 1.165) is 16.3 Å². The third kappa shape index (κ3) is 3.23. The van der Waals surface area contributed by atoms with E-state index in [9.17, 15) is 0 Å². The maximum absolute atomic E-state index is 8.71. The van der Waals surface area contributed by atoms with E-state index in [-0.39, 0.29) is 0 Å². The van der Waals surface area contributed by atoms with E-state index in [1.54, 1.807) is 0 Å². The van der Waals surface area contributed by atoms with Crippen LogP contribution in [0.5, 0.6) is 0 Å². The average molecular weight is 358 g/mol. The van der Waals surface area contributed by atoms with Gasteiger partial charge in [0.25, 0.3) is 0 Å². The van der Waals surface area contributed by atoms with Crippen LogP contribution in [0.25, 0.3) is 0 Å². The summed E-state index contributed by atoms with van der Waals surface area (Å²) in [5.41, 5.74) is 2.48. The second-order valence-corrected chi connectivity index (χ2v) is 5.66. The molecule has 4 heteroatoms. The van der Waals surface area contributed by atoms with Gasteiger partial charge in [-0.05, 0) is 30.5 Å². The van der Waals surface area contributed by atoms with Crippen molar-refractivity contribution in [3.05, 3.63) is 28.2 Å². The van der Waals surface area contributed by atoms with Crippen molar-refractivity contribution in [1.82, 2.24) is 0 Å². The number of halogens is 2. The van der Waals surface area contributed by atoms with E-state index in [0.29, 0.717) is 12.5 Å². The fourth-order valence-corrected chi connectivity index (χ4v) is 3.27. The van der Waals surface area contributed by atoms with Crippen LogP contribution < -0.4 is 4.90 Å². The molecule has 0 unspecified atom stereocenters. The molecule has 0 heterocycles. The smallest absolute Gasteiger partial charge is 0.0640 e. The number of rotatable bonds is 5. The van der Waals surface area contributed by atoms with E-state index in [2.05, 4.69) is 61.0 Å². The number of anilines is 1. The van der Waals surface area contributed by atoms with Crippen molar-refractivity contribution in [1.29, 1.82) is 5.26 Å². The number of benzene rings is 1. The second kappa shape index (κ2) is 5.88. The molecule has 1 saturated carbocycles. The quantitative estimate of drug-likeness (QED) is 0.737. The molecule has 1 aliphatic rings. The summed E-state index contributed by atoms with van der Waals surface area (Å²) >= 11 is 7.06. The number of alkyl halides is 1. The lowest BCUT2D eigenvalue weighted by atomic mass is 10.2. The molecule has 0 spiro atoms. The molecule has 0 atom stereocenters. The Morgan fingerprint density at radius 3 is 2.71 bits per heavy atom. The fourth-order valence-electron chi connectivity index (χ4n) is 1.90. The van der Waals surface area contributed by atoms with Gasteiger partial charge in [-0.3, -0.25) is 0 Å². The lowest BCUT2D eigenvalue weighted by Crippen LogP contribution is -2.26. The zero-order valence-corrected chi connectivity index (χ0v) is 12.7. The van der Waals surface area contributed by atoms with Gasteiger partial charge in [0.15, 0.2) is 0 Å². The molecular weight excluding hydrogens is 344 g/mol. The van der Waals surface area contributed by atoms with Gasteiger partial charge in [-0.2, -0.15) is 5.26 Å². The van der Waals surface area contributed by atoms with Crippen molar-refractivity contribution in [2.75, 3.05) is 11.4 Å². The lowest BCUT2D eigenvalue weighted by Gasteiger charge is -2.24. The van der Waals surface area contributed by atoms with Gasteiger partial charge in [0.05, 0.1) is 12.5 Å². The molecular formula is C13H14Br2N2. The first-order valence-corrected chi connectivity index (χ1v) is 7.65. The summed E-state index contributed by atoms with van der Waals surface area (Å²) < 4.78 is 1.13. The maximum Gasteiger partial charge on any atom is 0.0640 e. The third-order valence-corrected chi connectivity index (χ3v) is 4.31. The van der Waals surface area contributed by atoms with E-state index in [1.165, 1.54) is 24.1 Å². The predicted octanol–water partition coefficient (Wildman–Crippen LogP) is 4.23. The van der Waals surface area contributed by atoms with Gasteiger partial charge in [-0.15, -0.1) is 0 Å². The Morgan fingerprint density at radius 2 is 2.18 bits per heavy atom. The van der Waals surface area contributed by atoms with Gasteiger partial charge < -0.3 is 4.90 Å². The van der Waals surface area contributed by atoms with Gasteiger partial charge in [0, 0.05) is 28.1 Å². The number of nitriles is 1. The first-order valence-electron chi connectivity index (χ1n) is 5.74. The van der Waals surface area contributed by atoms with Crippen LogP contribution in [-0.4, -0.2) is 12.6 Å². The van der Waals surface area contributed by atoms with Crippen LogP contribution in [0.4, 0.5) is 5.69 Å². The summed E-state index contributed by atoms with van der Waals surface area (Å²) in [5.74, 6) is 0. The number of nitrogens with zero attached hydrogens (tertiary/aromatic N) is 2. The van der Waals surface area contributed by atoms with Crippen molar-refractivity contribution in [3.8, 4) is 6.07 Å². The van der Waals surface area contributed by atoms with Crippen molar-refractivity contribution in [2.45, 2.75) is 30.6 Å². The van der Waals surface area contributed by atoms with Gasteiger partial charge in [0.1, 0.15) is 0 Å². The number of hydrogen-bond acceptors (Lipinski definition) is 2. The Balaban J connectivity index is 2.18. The van der Waals surface area contributed by atoms with Crippen molar-refractivity contribution < 1.29 is 0 Å². The van der Waals surface area contributed by atoms with E-state index < -0.39 is 0 Å². The first-order chi connectivity index (χ1) is 8.26. The van der Waals surface area contributed by atoms with E-state index in [1.807, 2.05) is 0 Å². The summed E-state index contributed by atoms with van der Waals surface area (Å²) in [7, 11) is 0. The van der Waals surface area contributed by atoms with Crippen molar-refractivity contribution in [3.63, 3.8) is 0 Å². The van der Waals surface area contributed by atoms with Gasteiger partial charge in [-0.25, -0.2) is 0 Å². The molecule has 0 aromatic heterocycles. The van der Waals surface area contributed by atoms with E-state index in [4.69, 9.17) is 5.26 Å². The Morgan fingerprint density at radius 1 is 1.41 bits per heavy atom. The summed E-state index contributed by atoms with van der Waals surface area (Å²) in [4.78, 5) is 2.35. The molecule has 2 nitrogen and oxygen atoms in total. The largest absolute Gasteiger partial charge is 0.367 e. The third-order valence-electron chi connectivity index (χ3n) is 2.96. The highest BCUT2D eigenvalue weighted by Gasteiger charge is 2.29. The molecule has 1 aromatic carbocycles. The molecule has 0 N–H and O–H groups in total. The van der Waals surface area contributed by atoms with Crippen LogP contribution in [0, 0.1) is 11.3 Å². The first kappa shape index (κ1) is 12.9. The zero-order chi connectivity index (χ0) is 12.3. The highest BCUT2D eigenvalue weighted by molar-refractivity contribution is 9.10. The average Bonchev–Trinajstić information content (AvgIpc) is 3.14. The van der Waals surface area contributed by atoms with Crippen LogP contribution in [0.1, 0.15) is 24.8 Å². The Labute approximate surface area is 119 Å². The van der Waals surface area contributed by atoms with Crippen LogP contribution in [0.2, 0.25) is 0 Å². The molecule has 1 aliphatic carbocycles. The molecule has 1 aromatic rings. The van der Waals surface area contributed by atoms with Gasteiger partial charge in [0.2, 0.25) is 0 Å². The molecule has 0 radical (unpaired) electrons. The zero-order valence-electron chi connectivity index (χ0n) is 9.50. The minimum atomic E-state index is 0.592. The minimum Gasteiger partial charge on any atom is -0.367 e. The van der Waals surface area contributed by atoms with Crippen LogP contribution in [0.15, 0.2) is 22.7 Å². The van der Waals surface area contributed by atoms with Gasteiger partial charge >= 0.3 is 0 Å². The Hall–Kier alpha value is -0.530. The second-order valence-electron chi connectivity index (χ2n) is 4.24. The van der Waals surface area contributed by atoms with E-state index >= 15 is 0 Å². The molecule has 1 fully saturated rings. The van der Waals surface area contributed by atoms with Crippen LogP contribution in [0.3, 0.4) is 0 Å². The monoisotopic (exact) mass is 356 g/mol. The normalized spacial score (nSPS) is 14.4. The van der Waals surface area contributed by atoms with Gasteiger partial charge in [-0.1, -0.05) is 37.9 Å². The molecule has 0 aliphatic heterocycles. The molecule has 2 rings (SSSR count). The predicted molar refractivity (Wildman–Crippen MR) is 77.4 cm³/mol. The molecule has 17 heavy (non-hydrogen) atoms. The fraction of sp³-hybridized carbons (Fsp3) is 0.462. The van der Waals surface area contributed by atoms with Crippen LogP contribution in [-0.2, 0) is 5.33 Å². The molecule has 90 valence electrons.